The molecule has 0 atom stereocenters. The molecule has 0 radical (unpaired) electrons. The van der Waals surface area contributed by atoms with Gasteiger partial charge in [0.05, 0.1) is 24.6 Å². The quantitative estimate of drug-likeness (QED) is 0.733. The highest BCUT2D eigenvalue weighted by atomic mass is 16.5. The molecule has 1 fully saturated rings. The van der Waals surface area contributed by atoms with Crippen LogP contribution in [0.15, 0.2) is 35.9 Å². The van der Waals surface area contributed by atoms with Crippen LogP contribution in [0.3, 0.4) is 0 Å². The van der Waals surface area contributed by atoms with Gasteiger partial charge in [0.15, 0.2) is 0 Å². The smallest absolute Gasteiger partial charge is 0.240 e. The first-order valence-electron chi connectivity index (χ1n) is 10.3. The molecule has 1 heterocycles. The molecule has 0 bridgehead atoms. The largest absolute Gasteiger partial charge is 0.378 e. The summed E-state index contributed by atoms with van der Waals surface area (Å²) in [5, 5.41) is 2.98. The van der Waals surface area contributed by atoms with Crippen molar-refractivity contribution in [1.29, 1.82) is 0 Å². The molecule has 1 saturated heterocycles. The zero-order valence-electron chi connectivity index (χ0n) is 16.8. The topological polar surface area (TPSA) is 61.9 Å². The van der Waals surface area contributed by atoms with Crippen LogP contribution in [0, 0.1) is 0 Å². The van der Waals surface area contributed by atoms with Crippen LogP contribution in [0.4, 0.5) is 11.4 Å². The Balaban J connectivity index is 1.62. The molecule has 28 heavy (non-hydrogen) atoms. The van der Waals surface area contributed by atoms with E-state index in [4.69, 9.17) is 4.74 Å². The summed E-state index contributed by atoms with van der Waals surface area (Å²) in [5.74, 6) is -0.255. The number of anilines is 2. The van der Waals surface area contributed by atoms with Crippen LogP contribution in [0.1, 0.15) is 39.0 Å². The van der Waals surface area contributed by atoms with E-state index in [2.05, 4.69) is 16.3 Å². The zero-order chi connectivity index (χ0) is 19.8. The van der Waals surface area contributed by atoms with Gasteiger partial charge in [-0.3, -0.25) is 9.59 Å². The number of allylic oxidation sites excluding steroid dienone is 1. The van der Waals surface area contributed by atoms with E-state index in [1.807, 2.05) is 24.3 Å². The van der Waals surface area contributed by atoms with E-state index in [1.54, 1.807) is 4.90 Å². The SMILES string of the molecule is CC(=O)N(CC(=O)NCCC1=CCCCC1)c1ccccc1N1CCOCC1. The van der Waals surface area contributed by atoms with Crippen molar-refractivity contribution in [2.24, 2.45) is 0 Å². The molecule has 6 heteroatoms. The van der Waals surface area contributed by atoms with Gasteiger partial charge in [-0.2, -0.15) is 0 Å². The number of rotatable bonds is 7. The van der Waals surface area contributed by atoms with Crippen molar-refractivity contribution in [3.63, 3.8) is 0 Å². The summed E-state index contributed by atoms with van der Waals surface area (Å²) >= 11 is 0. The first-order valence-corrected chi connectivity index (χ1v) is 10.3. The van der Waals surface area contributed by atoms with Gasteiger partial charge in [0, 0.05) is 26.6 Å². The first-order chi connectivity index (χ1) is 13.6. The fraction of sp³-hybridized carbons (Fsp3) is 0.545. The fourth-order valence-electron chi connectivity index (χ4n) is 3.82. The monoisotopic (exact) mass is 385 g/mol. The summed E-state index contributed by atoms with van der Waals surface area (Å²) in [5.41, 5.74) is 3.19. The minimum atomic E-state index is -0.133. The van der Waals surface area contributed by atoms with E-state index in [9.17, 15) is 9.59 Å². The molecule has 0 unspecified atom stereocenters. The lowest BCUT2D eigenvalue weighted by Gasteiger charge is -2.33. The molecule has 1 aliphatic carbocycles. The Morgan fingerprint density at radius 1 is 1.18 bits per heavy atom. The molecular weight excluding hydrogens is 354 g/mol. The number of nitrogens with one attached hydrogen (secondary N) is 1. The second-order valence-electron chi connectivity index (χ2n) is 7.40. The van der Waals surface area contributed by atoms with Gasteiger partial charge in [-0.05, 0) is 44.2 Å². The number of hydrogen-bond acceptors (Lipinski definition) is 4. The summed E-state index contributed by atoms with van der Waals surface area (Å²) in [6.07, 6.45) is 8.01. The van der Waals surface area contributed by atoms with E-state index in [1.165, 1.54) is 25.3 Å². The highest BCUT2D eigenvalue weighted by molar-refractivity contribution is 6.00. The predicted octanol–water partition coefficient (Wildman–Crippen LogP) is 2.88. The number of morpholine rings is 1. The second kappa shape index (κ2) is 10.3. The first kappa shape index (κ1) is 20.4. The van der Waals surface area contributed by atoms with Crippen molar-refractivity contribution in [3.8, 4) is 0 Å². The maximum Gasteiger partial charge on any atom is 0.240 e. The number of benzene rings is 1. The van der Waals surface area contributed by atoms with Crippen LogP contribution in [-0.4, -0.2) is 51.2 Å². The molecule has 0 aromatic heterocycles. The summed E-state index contributed by atoms with van der Waals surface area (Å²) in [4.78, 5) is 28.6. The molecule has 152 valence electrons. The lowest BCUT2D eigenvalue weighted by Crippen LogP contribution is -2.42. The van der Waals surface area contributed by atoms with Gasteiger partial charge >= 0.3 is 0 Å². The van der Waals surface area contributed by atoms with Crippen molar-refractivity contribution in [2.45, 2.75) is 39.0 Å². The summed E-state index contributed by atoms with van der Waals surface area (Å²) < 4.78 is 5.44. The molecule has 3 rings (SSSR count). The number of carbonyl (C=O) groups is 2. The summed E-state index contributed by atoms with van der Waals surface area (Å²) in [6, 6.07) is 7.78. The molecule has 1 N–H and O–H groups in total. The van der Waals surface area contributed by atoms with E-state index in [-0.39, 0.29) is 18.4 Å². The van der Waals surface area contributed by atoms with E-state index in [0.717, 1.165) is 43.7 Å². The fourth-order valence-corrected chi connectivity index (χ4v) is 3.82. The van der Waals surface area contributed by atoms with Gasteiger partial charge in [0.25, 0.3) is 0 Å². The van der Waals surface area contributed by atoms with E-state index in [0.29, 0.717) is 19.8 Å². The Labute approximate surface area is 167 Å². The normalized spacial score (nSPS) is 17.0. The molecule has 1 aliphatic heterocycles. The molecule has 2 amide bonds. The minimum Gasteiger partial charge on any atom is -0.378 e. The molecule has 0 saturated carbocycles. The lowest BCUT2D eigenvalue weighted by atomic mass is 9.97. The van der Waals surface area contributed by atoms with Crippen molar-refractivity contribution in [1.82, 2.24) is 5.32 Å². The maximum atomic E-state index is 12.5. The molecule has 1 aromatic rings. The number of ether oxygens (including phenoxy) is 1. The Morgan fingerprint density at radius 3 is 2.68 bits per heavy atom. The predicted molar refractivity (Wildman–Crippen MR) is 112 cm³/mol. The average Bonchev–Trinajstić information content (AvgIpc) is 2.73. The standard InChI is InChI=1S/C22H31N3O3/c1-18(26)25(17-22(27)23-12-11-19-7-3-2-4-8-19)21-10-6-5-9-20(21)24-13-15-28-16-14-24/h5-7,9-10H,2-4,8,11-17H2,1H3,(H,23,27). The number of hydrogen-bond donors (Lipinski definition) is 1. The van der Waals surface area contributed by atoms with Crippen LogP contribution in [0.25, 0.3) is 0 Å². The maximum absolute atomic E-state index is 12.5. The molecular formula is C22H31N3O3. The van der Waals surface area contributed by atoms with Gasteiger partial charge in [-0.25, -0.2) is 0 Å². The number of carbonyl (C=O) groups excluding carboxylic acids is 2. The molecule has 0 spiro atoms. The van der Waals surface area contributed by atoms with Crippen LogP contribution < -0.4 is 15.1 Å². The van der Waals surface area contributed by atoms with Crippen molar-refractivity contribution in [2.75, 3.05) is 49.2 Å². The third kappa shape index (κ3) is 5.58. The third-order valence-corrected chi connectivity index (χ3v) is 5.36. The van der Waals surface area contributed by atoms with Crippen molar-refractivity contribution >= 4 is 23.2 Å². The Morgan fingerprint density at radius 2 is 1.96 bits per heavy atom. The van der Waals surface area contributed by atoms with Crippen LogP contribution in [-0.2, 0) is 14.3 Å². The average molecular weight is 386 g/mol. The van der Waals surface area contributed by atoms with Crippen molar-refractivity contribution < 1.29 is 14.3 Å². The van der Waals surface area contributed by atoms with Crippen LogP contribution >= 0.6 is 0 Å². The number of nitrogens with zero attached hydrogens (tertiary/aromatic N) is 2. The molecule has 6 nitrogen and oxygen atoms in total. The lowest BCUT2D eigenvalue weighted by molar-refractivity contribution is -0.123. The summed E-state index contributed by atoms with van der Waals surface area (Å²) in [6.45, 7) is 5.08. The summed E-state index contributed by atoms with van der Waals surface area (Å²) in [7, 11) is 0. The minimum absolute atomic E-state index is 0.0374. The third-order valence-electron chi connectivity index (χ3n) is 5.36. The second-order valence-corrected chi connectivity index (χ2v) is 7.40. The van der Waals surface area contributed by atoms with Crippen LogP contribution in [0.2, 0.25) is 0 Å². The Hall–Kier alpha value is -2.34. The highest BCUT2D eigenvalue weighted by Crippen LogP contribution is 2.30. The van der Waals surface area contributed by atoms with Gasteiger partial charge < -0.3 is 19.9 Å². The van der Waals surface area contributed by atoms with Gasteiger partial charge in [-0.15, -0.1) is 0 Å². The Bertz CT molecular complexity index is 711. The van der Waals surface area contributed by atoms with Crippen LogP contribution in [0.5, 0.6) is 0 Å². The molecule has 1 aromatic carbocycles. The molecule has 2 aliphatic rings. The zero-order valence-corrected chi connectivity index (χ0v) is 16.8. The highest BCUT2D eigenvalue weighted by Gasteiger charge is 2.22. The van der Waals surface area contributed by atoms with E-state index < -0.39 is 0 Å². The van der Waals surface area contributed by atoms with E-state index >= 15 is 0 Å². The van der Waals surface area contributed by atoms with Crippen molar-refractivity contribution in [3.05, 3.63) is 35.9 Å². The van der Waals surface area contributed by atoms with Gasteiger partial charge in [-0.1, -0.05) is 23.8 Å². The van der Waals surface area contributed by atoms with Gasteiger partial charge in [0.1, 0.15) is 6.54 Å². The Kier molecular flexibility index (Phi) is 7.48. The van der Waals surface area contributed by atoms with Gasteiger partial charge in [0.2, 0.25) is 11.8 Å². The number of amides is 2. The number of para-hydroxylation sites is 2.